The topological polar surface area (TPSA) is 31.9 Å². The first-order valence-corrected chi connectivity index (χ1v) is 4.78. The molecule has 1 aromatic rings. The third-order valence-corrected chi connectivity index (χ3v) is 2.78. The molecule has 0 atom stereocenters. The Kier molecular flexibility index (Phi) is 2.33. The first kappa shape index (κ1) is 9.34. The average molecular weight is 209 g/mol. The number of rotatable bonds is 1. The Morgan fingerprint density at radius 3 is 3.07 bits per heavy atom. The van der Waals surface area contributed by atoms with Gasteiger partial charge in [0.15, 0.2) is 0 Å². The summed E-state index contributed by atoms with van der Waals surface area (Å²) in [5.41, 5.74) is 3.11. The van der Waals surface area contributed by atoms with Gasteiger partial charge in [-0.15, -0.1) is 0 Å². The van der Waals surface area contributed by atoms with Crippen molar-refractivity contribution in [3.63, 3.8) is 0 Å². The van der Waals surface area contributed by atoms with Gasteiger partial charge in [0.25, 0.3) is 0 Å². The molecule has 0 aromatic carbocycles. The Bertz CT molecular complexity index is 390. The molecule has 0 fully saturated rings. The molecule has 14 heavy (non-hydrogen) atoms. The molecule has 1 radical (unpaired) electrons. The Morgan fingerprint density at radius 2 is 2.43 bits per heavy atom. The van der Waals surface area contributed by atoms with Gasteiger partial charge in [-0.3, -0.25) is 5.10 Å². The van der Waals surface area contributed by atoms with E-state index in [1.165, 1.54) is 0 Å². The maximum absolute atomic E-state index is 6.08. The van der Waals surface area contributed by atoms with Crippen LogP contribution in [0.1, 0.15) is 12.6 Å². The second kappa shape index (κ2) is 3.50. The zero-order valence-electron chi connectivity index (χ0n) is 8.13. The maximum Gasteiger partial charge on any atom is 0.113 e. The van der Waals surface area contributed by atoms with Crippen LogP contribution < -0.4 is 0 Å². The zero-order chi connectivity index (χ0) is 10.1. The van der Waals surface area contributed by atoms with Crippen molar-refractivity contribution in [3.05, 3.63) is 34.6 Å². The summed E-state index contributed by atoms with van der Waals surface area (Å²) in [7, 11) is 2.03. The van der Waals surface area contributed by atoms with Crippen LogP contribution in [0.3, 0.4) is 0 Å². The number of nitrogens with zero attached hydrogens (tertiary/aromatic N) is 2. The minimum Gasteiger partial charge on any atom is -0.369 e. The second-order valence-corrected chi connectivity index (χ2v) is 3.72. The molecule has 0 amide bonds. The van der Waals surface area contributed by atoms with Crippen molar-refractivity contribution in [2.24, 2.45) is 0 Å². The molecule has 1 aliphatic rings. The summed E-state index contributed by atoms with van der Waals surface area (Å²) in [5, 5.41) is 7.53. The number of aromatic nitrogens is 2. The van der Waals surface area contributed by atoms with E-state index in [1.807, 2.05) is 26.1 Å². The van der Waals surface area contributed by atoms with Crippen molar-refractivity contribution in [1.82, 2.24) is 15.1 Å². The minimum absolute atomic E-state index is 0.813. The van der Waals surface area contributed by atoms with Gasteiger partial charge in [-0.05, 0) is 24.6 Å². The average Bonchev–Trinajstić information content (AvgIpc) is 2.65. The lowest BCUT2D eigenvalue weighted by atomic mass is 10.1. The Balaban J connectivity index is 2.49. The predicted molar refractivity (Wildman–Crippen MR) is 56.6 cm³/mol. The number of aromatic amines is 1. The molecule has 3 nitrogen and oxygen atoms in total. The highest BCUT2D eigenvalue weighted by Gasteiger charge is 2.17. The summed E-state index contributed by atoms with van der Waals surface area (Å²) in [6.07, 6.45) is 4.75. The third-order valence-electron chi connectivity index (χ3n) is 2.34. The molecule has 0 aliphatic carbocycles. The predicted octanol–water partition coefficient (Wildman–Crippen LogP) is 2.01. The third kappa shape index (κ3) is 1.44. The zero-order valence-corrected chi connectivity index (χ0v) is 8.89. The summed E-state index contributed by atoms with van der Waals surface area (Å²) in [6, 6.07) is 1.82. The molecule has 0 saturated heterocycles. The highest BCUT2D eigenvalue weighted by atomic mass is 35.5. The van der Waals surface area contributed by atoms with Crippen LogP contribution in [0.2, 0.25) is 0 Å². The molecule has 2 rings (SSSR count). The fraction of sp³-hybridized carbons (Fsp3) is 0.300. The van der Waals surface area contributed by atoms with E-state index in [4.69, 9.17) is 11.6 Å². The molecule has 1 aromatic heterocycles. The normalized spacial score (nSPS) is 17.4. The number of halogens is 1. The van der Waals surface area contributed by atoms with Crippen molar-refractivity contribution in [2.45, 2.75) is 6.92 Å². The van der Waals surface area contributed by atoms with Gasteiger partial charge >= 0.3 is 0 Å². The molecular formula is C10H11ClN3. The van der Waals surface area contributed by atoms with Crippen molar-refractivity contribution in [3.8, 4) is 0 Å². The molecule has 0 spiro atoms. The van der Waals surface area contributed by atoms with Crippen LogP contribution in [0, 0.1) is 6.20 Å². The first-order chi connectivity index (χ1) is 6.70. The smallest absolute Gasteiger partial charge is 0.113 e. The van der Waals surface area contributed by atoms with Crippen LogP contribution in [-0.4, -0.2) is 28.7 Å². The van der Waals surface area contributed by atoms with Gasteiger partial charge in [-0.1, -0.05) is 11.6 Å². The Morgan fingerprint density at radius 1 is 1.64 bits per heavy atom. The second-order valence-electron chi connectivity index (χ2n) is 3.32. The van der Waals surface area contributed by atoms with Crippen LogP contribution in [-0.2, 0) is 0 Å². The van der Waals surface area contributed by atoms with E-state index in [0.717, 1.165) is 28.5 Å². The number of hydrogen-bond acceptors (Lipinski definition) is 2. The fourth-order valence-corrected chi connectivity index (χ4v) is 1.77. The molecule has 73 valence electrons. The van der Waals surface area contributed by atoms with E-state index < -0.39 is 0 Å². The van der Waals surface area contributed by atoms with Gasteiger partial charge in [0, 0.05) is 18.6 Å². The highest BCUT2D eigenvalue weighted by Crippen LogP contribution is 2.29. The number of H-pyrrole nitrogens is 1. The van der Waals surface area contributed by atoms with Crippen LogP contribution in [0.15, 0.2) is 22.7 Å². The van der Waals surface area contributed by atoms with Gasteiger partial charge in [-0.25, -0.2) is 0 Å². The van der Waals surface area contributed by atoms with E-state index >= 15 is 0 Å². The number of nitrogens with one attached hydrogen (secondary N) is 1. The van der Waals surface area contributed by atoms with Gasteiger partial charge in [0.1, 0.15) is 6.20 Å². The highest BCUT2D eigenvalue weighted by molar-refractivity contribution is 6.32. The monoisotopic (exact) mass is 208 g/mol. The lowest BCUT2D eigenvalue weighted by molar-refractivity contribution is 0.524. The quantitative estimate of drug-likeness (QED) is 0.766. The molecular weight excluding hydrogens is 198 g/mol. The summed E-state index contributed by atoms with van der Waals surface area (Å²) in [6.45, 7) is 2.83. The molecule has 4 heteroatoms. The van der Waals surface area contributed by atoms with Crippen LogP contribution >= 0.6 is 11.6 Å². The molecule has 1 aliphatic heterocycles. The van der Waals surface area contributed by atoms with Crippen molar-refractivity contribution >= 4 is 17.3 Å². The summed E-state index contributed by atoms with van der Waals surface area (Å²) in [5.74, 6) is 0. The van der Waals surface area contributed by atoms with Gasteiger partial charge in [0.2, 0.25) is 0 Å². The molecule has 2 heterocycles. The Labute approximate surface area is 88.1 Å². The van der Waals surface area contributed by atoms with Gasteiger partial charge in [0.05, 0.1) is 11.4 Å². The van der Waals surface area contributed by atoms with E-state index in [-0.39, 0.29) is 0 Å². The molecule has 0 unspecified atom stereocenters. The van der Waals surface area contributed by atoms with E-state index in [1.54, 1.807) is 0 Å². The summed E-state index contributed by atoms with van der Waals surface area (Å²) in [4.78, 5) is 2.13. The first-order valence-electron chi connectivity index (χ1n) is 4.40. The molecule has 0 bridgehead atoms. The van der Waals surface area contributed by atoms with Crippen molar-refractivity contribution < 1.29 is 0 Å². The number of allylic oxidation sites excluding steroid dienone is 2. The summed E-state index contributed by atoms with van der Waals surface area (Å²) < 4.78 is 0. The molecule has 0 saturated carbocycles. The largest absolute Gasteiger partial charge is 0.369 e. The van der Waals surface area contributed by atoms with Crippen molar-refractivity contribution in [1.29, 1.82) is 0 Å². The maximum atomic E-state index is 6.08. The van der Waals surface area contributed by atoms with Crippen LogP contribution in [0.4, 0.5) is 0 Å². The minimum atomic E-state index is 0.813. The standard InChI is InChI=1S/C10H11ClN3/c1-7-8(11)4-6-14(2)10(7)9-3-5-12-13-9/h3-4H,6H2,1-2H3,(H,12,13). The lowest BCUT2D eigenvalue weighted by Gasteiger charge is -2.26. The number of hydrogen-bond donors (Lipinski definition) is 1. The SMILES string of the molecule is CC1=C(c2c[c]n[nH]2)N(C)CC=C1Cl. The van der Waals surface area contributed by atoms with E-state index in [2.05, 4.69) is 21.3 Å². The van der Waals surface area contributed by atoms with Gasteiger partial charge < -0.3 is 4.90 Å². The van der Waals surface area contributed by atoms with Gasteiger partial charge in [-0.2, -0.15) is 5.10 Å². The van der Waals surface area contributed by atoms with Crippen LogP contribution in [0.25, 0.3) is 5.70 Å². The number of likely N-dealkylation sites (N-methyl/N-ethyl adjacent to an activating group) is 1. The van der Waals surface area contributed by atoms with Crippen molar-refractivity contribution in [2.75, 3.05) is 13.6 Å². The van der Waals surface area contributed by atoms with E-state index in [0.29, 0.717) is 0 Å². The fourth-order valence-electron chi connectivity index (χ4n) is 1.61. The summed E-state index contributed by atoms with van der Waals surface area (Å²) >= 11 is 6.08. The van der Waals surface area contributed by atoms with Crippen LogP contribution in [0.5, 0.6) is 0 Å². The lowest BCUT2D eigenvalue weighted by Crippen LogP contribution is -2.21. The molecule has 1 N–H and O–H groups in total. The van der Waals surface area contributed by atoms with E-state index in [9.17, 15) is 0 Å². The Hall–Kier alpha value is -1.22.